The smallest absolute Gasteiger partial charge is 0.131 e. The van der Waals surface area contributed by atoms with Crippen molar-refractivity contribution in [1.82, 2.24) is 9.97 Å². The highest BCUT2D eigenvalue weighted by Gasteiger charge is 2.28. The van der Waals surface area contributed by atoms with Crippen LogP contribution in [0.1, 0.15) is 32.3 Å². The van der Waals surface area contributed by atoms with Crippen LogP contribution < -0.4 is 10.6 Å². The first-order valence-corrected chi connectivity index (χ1v) is 10.9. The van der Waals surface area contributed by atoms with Crippen LogP contribution in [0.2, 0.25) is 0 Å². The molecule has 27 heavy (non-hydrogen) atoms. The normalized spacial score (nSPS) is 21.0. The summed E-state index contributed by atoms with van der Waals surface area (Å²) < 4.78 is 17.4. The van der Waals surface area contributed by atoms with Crippen molar-refractivity contribution in [3.05, 3.63) is 42.2 Å². The number of hydrogen-bond donors (Lipinski definition) is 2. The third-order valence-electron chi connectivity index (χ3n) is 4.75. The van der Waals surface area contributed by atoms with Crippen LogP contribution in [0.5, 0.6) is 0 Å². The van der Waals surface area contributed by atoms with E-state index in [4.69, 9.17) is 4.74 Å². The van der Waals surface area contributed by atoms with Crippen LogP contribution in [0.3, 0.4) is 0 Å². The summed E-state index contributed by atoms with van der Waals surface area (Å²) >= 11 is 0. The van der Waals surface area contributed by atoms with Gasteiger partial charge in [-0.05, 0) is 36.5 Å². The summed E-state index contributed by atoms with van der Waals surface area (Å²) in [4.78, 5) is 9.50. The molecule has 0 amide bonds. The van der Waals surface area contributed by atoms with Crippen LogP contribution in [0, 0.1) is 5.92 Å². The molecular weight excluding hydrogens is 360 g/mol. The molecule has 7 heteroatoms. The number of rotatable bonds is 7. The zero-order valence-corrected chi connectivity index (χ0v) is 17.0. The second kappa shape index (κ2) is 9.28. The number of benzene rings is 1. The minimum atomic E-state index is -0.950. The van der Waals surface area contributed by atoms with E-state index in [1.54, 1.807) is 12.6 Å². The van der Waals surface area contributed by atoms with Gasteiger partial charge >= 0.3 is 0 Å². The predicted octanol–water partition coefficient (Wildman–Crippen LogP) is 3.44. The Morgan fingerprint density at radius 3 is 2.67 bits per heavy atom. The van der Waals surface area contributed by atoms with E-state index in [-0.39, 0.29) is 12.1 Å². The van der Waals surface area contributed by atoms with Gasteiger partial charge in [-0.1, -0.05) is 26.0 Å². The fraction of sp³-hybridized carbons (Fsp3) is 0.500. The second-order valence-electron chi connectivity index (χ2n) is 7.21. The molecule has 146 valence electrons. The molecule has 3 rings (SSSR count). The fourth-order valence-corrected chi connectivity index (χ4v) is 3.85. The van der Waals surface area contributed by atoms with Gasteiger partial charge < -0.3 is 15.4 Å². The van der Waals surface area contributed by atoms with Crippen molar-refractivity contribution in [2.45, 2.75) is 50.3 Å². The van der Waals surface area contributed by atoms with Crippen molar-refractivity contribution in [3.8, 4) is 0 Å². The average Bonchev–Trinajstić information content (AvgIpc) is 2.67. The number of nitrogens with zero attached hydrogens (tertiary/aromatic N) is 2. The average molecular weight is 389 g/mol. The molecule has 1 aliphatic heterocycles. The van der Waals surface area contributed by atoms with E-state index < -0.39 is 10.8 Å². The van der Waals surface area contributed by atoms with Gasteiger partial charge in [-0.3, -0.25) is 4.21 Å². The maximum absolute atomic E-state index is 11.5. The van der Waals surface area contributed by atoms with Gasteiger partial charge in [0.2, 0.25) is 0 Å². The van der Waals surface area contributed by atoms with E-state index in [0.717, 1.165) is 41.5 Å². The first kappa shape index (κ1) is 19.8. The molecule has 1 aromatic carbocycles. The van der Waals surface area contributed by atoms with E-state index in [1.165, 1.54) is 0 Å². The molecule has 0 spiro atoms. The van der Waals surface area contributed by atoms with Gasteiger partial charge in [-0.25, -0.2) is 9.97 Å². The maximum Gasteiger partial charge on any atom is 0.131 e. The third-order valence-corrected chi connectivity index (χ3v) is 5.69. The zero-order valence-electron chi connectivity index (χ0n) is 16.1. The van der Waals surface area contributed by atoms with Crippen molar-refractivity contribution in [3.63, 3.8) is 0 Å². The monoisotopic (exact) mass is 388 g/mol. The number of ether oxygens (including phenoxy) is 1. The first-order valence-electron chi connectivity index (χ1n) is 9.39. The van der Waals surface area contributed by atoms with Crippen molar-refractivity contribution in [2.24, 2.45) is 5.92 Å². The van der Waals surface area contributed by atoms with Crippen molar-refractivity contribution >= 4 is 22.4 Å². The molecule has 0 radical (unpaired) electrons. The standard InChI is InChI=1S/C20H28N4O2S/c1-14(2)20-17(5-4-10-26-20)24-19-11-18(22-13-23-19)21-12-15-6-8-16(9-7-15)27(3)25/h6-9,11,13-14,17,20H,4-5,10,12H2,1-3H3,(H2,21,22,23,24)/t17-,20+,27-/m1/s1. The van der Waals surface area contributed by atoms with Gasteiger partial charge in [0.25, 0.3) is 0 Å². The third kappa shape index (κ3) is 5.49. The largest absolute Gasteiger partial charge is 0.376 e. The molecule has 2 aromatic rings. The molecule has 0 bridgehead atoms. The number of anilines is 2. The van der Waals surface area contributed by atoms with E-state index >= 15 is 0 Å². The zero-order chi connectivity index (χ0) is 19.2. The van der Waals surface area contributed by atoms with Gasteiger partial charge in [0.15, 0.2) is 0 Å². The molecule has 1 aliphatic rings. The van der Waals surface area contributed by atoms with Crippen molar-refractivity contribution in [2.75, 3.05) is 23.5 Å². The highest BCUT2D eigenvalue weighted by atomic mass is 32.2. The summed E-state index contributed by atoms with van der Waals surface area (Å²) in [6.07, 6.45) is 5.61. The van der Waals surface area contributed by atoms with E-state index in [2.05, 4.69) is 34.4 Å². The Kier molecular flexibility index (Phi) is 6.79. The van der Waals surface area contributed by atoms with Crippen LogP contribution in [0.25, 0.3) is 0 Å². The van der Waals surface area contributed by atoms with Crippen LogP contribution in [-0.4, -0.2) is 39.2 Å². The summed E-state index contributed by atoms with van der Waals surface area (Å²) in [6, 6.07) is 9.96. The predicted molar refractivity (Wildman–Crippen MR) is 109 cm³/mol. The van der Waals surface area contributed by atoms with E-state index in [1.807, 2.05) is 30.3 Å². The minimum Gasteiger partial charge on any atom is -0.376 e. The highest BCUT2D eigenvalue weighted by Crippen LogP contribution is 2.24. The van der Waals surface area contributed by atoms with Gasteiger partial charge in [-0.2, -0.15) is 0 Å². The van der Waals surface area contributed by atoms with Crippen LogP contribution in [-0.2, 0) is 22.1 Å². The van der Waals surface area contributed by atoms with Gasteiger partial charge in [-0.15, -0.1) is 0 Å². The van der Waals surface area contributed by atoms with Gasteiger partial charge in [0, 0.05) is 41.2 Å². The summed E-state index contributed by atoms with van der Waals surface area (Å²) in [5.74, 6) is 2.04. The van der Waals surface area contributed by atoms with Crippen LogP contribution >= 0.6 is 0 Å². The molecule has 2 N–H and O–H groups in total. The molecule has 3 atom stereocenters. The summed E-state index contributed by atoms with van der Waals surface area (Å²) in [5, 5.41) is 6.84. The molecule has 1 fully saturated rings. The lowest BCUT2D eigenvalue weighted by Crippen LogP contribution is -2.43. The van der Waals surface area contributed by atoms with Crippen LogP contribution in [0.15, 0.2) is 41.6 Å². The first-order chi connectivity index (χ1) is 13.0. The highest BCUT2D eigenvalue weighted by molar-refractivity contribution is 7.84. The molecule has 1 aromatic heterocycles. The summed E-state index contributed by atoms with van der Waals surface area (Å²) in [6.45, 7) is 5.87. The maximum atomic E-state index is 11.5. The number of nitrogens with one attached hydrogen (secondary N) is 2. The minimum absolute atomic E-state index is 0.202. The lowest BCUT2D eigenvalue weighted by molar-refractivity contribution is -0.0203. The Morgan fingerprint density at radius 1 is 1.22 bits per heavy atom. The van der Waals surface area contributed by atoms with Gasteiger partial charge in [0.1, 0.15) is 18.0 Å². The van der Waals surface area contributed by atoms with Gasteiger partial charge in [0.05, 0.1) is 12.1 Å². The van der Waals surface area contributed by atoms with Crippen molar-refractivity contribution < 1.29 is 8.95 Å². The number of aromatic nitrogens is 2. The molecule has 0 unspecified atom stereocenters. The molecule has 0 saturated carbocycles. The van der Waals surface area contributed by atoms with Crippen LogP contribution in [0.4, 0.5) is 11.6 Å². The van der Waals surface area contributed by atoms with E-state index in [0.29, 0.717) is 12.5 Å². The second-order valence-corrected chi connectivity index (χ2v) is 8.59. The summed E-state index contributed by atoms with van der Waals surface area (Å²) in [7, 11) is -0.950. The summed E-state index contributed by atoms with van der Waals surface area (Å²) in [5.41, 5.74) is 1.11. The molecular formula is C20H28N4O2S. The Morgan fingerprint density at radius 2 is 1.96 bits per heavy atom. The molecule has 6 nitrogen and oxygen atoms in total. The topological polar surface area (TPSA) is 76.1 Å². The lowest BCUT2D eigenvalue weighted by atomic mass is 9.94. The Hall–Kier alpha value is -1.99. The molecule has 2 heterocycles. The lowest BCUT2D eigenvalue weighted by Gasteiger charge is -2.35. The van der Waals surface area contributed by atoms with Crippen molar-refractivity contribution in [1.29, 1.82) is 0 Å². The Labute approximate surface area is 163 Å². The van der Waals surface area contributed by atoms with E-state index in [9.17, 15) is 4.21 Å². The Bertz CT molecular complexity index is 767. The molecule has 1 saturated heterocycles. The SMILES string of the molecule is CC(C)[C@@H]1OCCC[C@H]1Nc1cc(NCc2ccc([S@@](C)=O)cc2)ncn1. The fourth-order valence-electron chi connectivity index (χ4n) is 3.33. The number of hydrogen-bond acceptors (Lipinski definition) is 6. The quantitative estimate of drug-likeness (QED) is 0.757. The Balaban J connectivity index is 1.60. The molecule has 0 aliphatic carbocycles.